The topological polar surface area (TPSA) is 33.1 Å². The lowest BCUT2D eigenvalue weighted by Crippen LogP contribution is -2.22. The maximum atomic E-state index is 4.18. The molecule has 112 valence electrons. The van der Waals surface area contributed by atoms with Crippen LogP contribution >= 0.6 is 0 Å². The van der Waals surface area contributed by atoms with E-state index < -0.39 is 0 Å². The Labute approximate surface area is 127 Å². The predicted octanol–water partition coefficient (Wildman–Crippen LogP) is 3.44. The number of rotatable bonds is 8. The van der Waals surface area contributed by atoms with Gasteiger partial charge in [-0.05, 0) is 30.8 Å². The standard InChI is InChI=1S/C17H24N4/c1-4-20(5-2)13-15-8-7-9-17(10-15)18-11-16-12-19-21(6-3)14-16/h6-10,12,14,18H,3-5,11,13H2,1-2H3. The van der Waals surface area contributed by atoms with Crippen LogP contribution in [0.3, 0.4) is 0 Å². The molecule has 0 atom stereocenters. The van der Waals surface area contributed by atoms with Crippen molar-refractivity contribution in [2.45, 2.75) is 26.9 Å². The van der Waals surface area contributed by atoms with Crippen LogP contribution in [-0.2, 0) is 13.1 Å². The SMILES string of the molecule is C=Cn1cc(CNc2cccc(CN(CC)CC)c2)cn1. The fraction of sp³-hybridized carbons (Fsp3) is 0.353. The summed E-state index contributed by atoms with van der Waals surface area (Å²) < 4.78 is 1.72. The van der Waals surface area contributed by atoms with Crippen molar-refractivity contribution in [3.05, 3.63) is 54.4 Å². The fourth-order valence-corrected chi connectivity index (χ4v) is 2.26. The highest BCUT2D eigenvalue weighted by atomic mass is 15.2. The van der Waals surface area contributed by atoms with Gasteiger partial charge in [-0.2, -0.15) is 5.10 Å². The van der Waals surface area contributed by atoms with E-state index in [9.17, 15) is 0 Å². The molecule has 4 nitrogen and oxygen atoms in total. The summed E-state index contributed by atoms with van der Waals surface area (Å²) in [4.78, 5) is 2.41. The Morgan fingerprint density at radius 1 is 1.29 bits per heavy atom. The van der Waals surface area contributed by atoms with Crippen LogP contribution in [0.5, 0.6) is 0 Å². The first-order valence-electron chi connectivity index (χ1n) is 7.46. The lowest BCUT2D eigenvalue weighted by atomic mass is 10.2. The van der Waals surface area contributed by atoms with Gasteiger partial charge in [0.15, 0.2) is 0 Å². The van der Waals surface area contributed by atoms with Gasteiger partial charge in [0.05, 0.1) is 6.20 Å². The third-order valence-corrected chi connectivity index (χ3v) is 3.57. The molecule has 0 saturated heterocycles. The molecular weight excluding hydrogens is 260 g/mol. The van der Waals surface area contributed by atoms with E-state index >= 15 is 0 Å². The van der Waals surface area contributed by atoms with Crippen LogP contribution in [-0.4, -0.2) is 27.8 Å². The molecule has 1 heterocycles. The first-order chi connectivity index (χ1) is 10.2. The Balaban J connectivity index is 1.95. The molecule has 1 aromatic heterocycles. The molecular formula is C17H24N4. The molecule has 0 bridgehead atoms. The molecule has 21 heavy (non-hydrogen) atoms. The number of anilines is 1. The minimum Gasteiger partial charge on any atom is -0.381 e. The van der Waals surface area contributed by atoms with Crippen LogP contribution in [0.15, 0.2) is 43.2 Å². The molecule has 0 saturated carbocycles. The zero-order chi connectivity index (χ0) is 15.1. The quantitative estimate of drug-likeness (QED) is 0.806. The molecule has 4 heteroatoms. The average Bonchev–Trinajstić information content (AvgIpc) is 2.99. The maximum absolute atomic E-state index is 4.18. The van der Waals surface area contributed by atoms with Crippen molar-refractivity contribution in [2.75, 3.05) is 18.4 Å². The largest absolute Gasteiger partial charge is 0.381 e. The van der Waals surface area contributed by atoms with Gasteiger partial charge in [-0.1, -0.05) is 32.6 Å². The minimum atomic E-state index is 0.766. The van der Waals surface area contributed by atoms with Crippen molar-refractivity contribution in [3.8, 4) is 0 Å². The van der Waals surface area contributed by atoms with Crippen molar-refractivity contribution >= 4 is 11.9 Å². The molecule has 0 unspecified atom stereocenters. The summed E-state index contributed by atoms with van der Waals surface area (Å²) >= 11 is 0. The van der Waals surface area contributed by atoms with E-state index in [0.717, 1.165) is 37.4 Å². The Kier molecular flexibility index (Phi) is 5.58. The lowest BCUT2D eigenvalue weighted by Gasteiger charge is -2.18. The number of hydrogen-bond donors (Lipinski definition) is 1. The lowest BCUT2D eigenvalue weighted by molar-refractivity contribution is 0.296. The number of nitrogens with one attached hydrogen (secondary N) is 1. The summed E-state index contributed by atoms with van der Waals surface area (Å²) in [5.41, 5.74) is 3.63. The molecule has 0 aliphatic rings. The molecule has 1 N–H and O–H groups in total. The molecule has 0 aliphatic carbocycles. The molecule has 2 aromatic rings. The number of benzene rings is 1. The van der Waals surface area contributed by atoms with Gasteiger partial charge in [0, 0.05) is 36.7 Å². The van der Waals surface area contributed by atoms with Crippen LogP contribution < -0.4 is 5.32 Å². The van der Waals surface area contributed by atoms with Crippen LogP contribution in [0.2, 0.25) is 0 Å². The number of nitrogens with zero attached hydrogens (tertiary/aromatic N) is 3. The van der Waals surface area contributed by atoms with E-state index in [1.807, 2.05) is 12.4 Å². The summed E-state index contributed by atoms with van der Waals surface area (Å²) in [5, 5.41) is 7.62. The third-order valence-electron chi connectivity index (χ3n) is 3.57. The monoisotopic (exact) mass is 284 g/mol. The van der Waals surface area contributed by atoms with E-state index in [-0.39, 0.29) is 0 Å². The van der Waals surface area contributed by atoms with Crippen LogP contribution in [0.1, 0.15) is 25.0 Å². The zero-order valence-electron chi connectivity index (χ0n) is 12.9. The second kappa shape index (κ2) is 7.64. The average molecular weight is 284 g/mol. The van der Waals surface area contributed by atoms with Gasteiger partial charge < -0.3 is 5.32 Å². The molecule has 0 aliphatic heterocycles. The normalized spacial score (nSPS) is 10.8. The van der Waals surface area contributed by atoms with Crippen LogP contribution in [0.4, 0.5) is 5.69 Å². The van der Waals surface area contributed by atoms with Crippen LogP contribution in [0.25, 0.3) is 6.20 Å². The smallest absolute Gasteiger partial charge is 0.0543 e. The Morgan fingerprint density at radius 2 is 2.10 bits per heavy atom. The molecule has 1 aromatic carbocycles. The van der Waals surface area contributed by atoms with Crippen molar-refractivity contribution in [3.63, 3.8) is 0 Å². The van der Waals surface area contributed by atoms with Gasteiger partial charge in [-0.25, -0.2) is 4.68 Å². The van der Waals surface area contributed by atoms with Gasteiger partial charge in [-0.3, -0.25) is 4.90 Å². The third kappa shape index (κ3) is 4.46. The molecule has 0 amide bonds. The first kappa shape index (κ1) is 15.3. The van der Waals surface area contributed by atoms with Crippen molar-refractivity contribution < 1.29 is 0 Å². The van der Waals surface area contributed by atoms with Gasteiger partial charge in [-0.15, -0.1) is 0 Å². The van der Waals surface area contributed by atoms with Crippen molar-refractivity contribution in [1.82, 2.24) is 14.7 Å². The Bertz CT molecular complexity index is 570. The molecule has 0 radical (unpaired) electrons. The minimum absolute atomic E-state index is 0.766. The fourth-order valence-electron chi connectivity index (χ4n) is 2.26. The van der Waals surface area contributed by atoms with E-state index in [1.54, 1.807) is 10.9 Å². The summed E-state index contributed by atoms with van der Waals surface area (Å²) in [6.45, 7) is 12.0. The predicted molar refractivity (Wildman–Crippen MR) is 89.0 cm³/mol. The van der Waals surface area contributed by atoms with Gasteiger partial charge >= 0.3 is 0 Å². The van der Waals surface area contributed by atoms with E-state index in [1.165, 1.54) is 5.56 Å². The second-order valence-electron chi connectivity index (χ2n) is 5.03. The van der Waals surface area contributed by atoms with E-state index in [4.69, 9.17) is 0 Å². The van der Waals surface area contributed by atoms with E-state index in [0.29, 0.717) is 0 Å². The zero-order valence-corrected chi connectivity index (χ0v) is 12.9. The van der Waals surface area contributed by atoms with Gasteiger partial charge in [0.1, 0.15) is 0 Å². The summed E-state index contributed by atoms with van der Waals surface area (Å²) in [6.07, 6.45) is 5.52. The van der Waals surface area contributed by atoms with Gasteiger partial charge in [0.2, 0.25) is 0 Å². The van der Waals surface area contributed by atoms with Crippen molar-refractivity contribution in [1.29, 1.82) is 0 Å². The number of hydrogen-bond acceptors (Lipinski definition) is 3. The molecule has 0 fully saturated rings. The summed E-state index contributed by atoms with van der Waals surface area (Å²) in [6, 6.07) is 8.60. The first-order valence-corrected chi connectivity index (χ1v) is 7.46. The highest BCUT2D eigenvalue weighted by Gasteiger charge is 2.02. The second-order valence-corrected chi connectivity index (χ2v) is 5.03. The summed E-state index contributed by atoms with van der Waals surface area (Å²) in [5.74, 6) is 0. The molecule has 2 rings (SSSR count). The van der Waals surface area contributed by atoms with Crippen molar-refractivity contribution in [2.24, 2.45) is 0 Å². The molecule has 0 spiro atoms. The Hall–Kier alpha value is -2.07. The Morgan fingerprint density at radius 3 is 2.76 bits per heavy atom. The summed E-state index contributed by atoms with van der Waals surface area (Å²) in [7, 11) is 0. The highest BCUT2D eigenvalue weighted by molar-refractivity contribution is 5.46. The van der Waals surface area contributed by atoms with Gasteiger partial charge in [0.25, 0.3) is 0 Å². The maximum Gasteiger partial charge on any atom is 0.0543 e. The highest BCUT2D eigenvalue weighted by Crippen LogP contribution is 2.14. The van der Waals surface area contributed by atoms with E-state index in [2.05, 4.69) is 60.0 Å². The number of aromatic nitrogens is 2. The van der Waals surface area contributed by atoms with Crippen LogP contribution in [0, 0.1) is 0 Å².